The number of carbonyl (C=O) groups excluding carboxylic acids is 1. The molecule has 2 unspecified atom stereocenters. The van der Waals surface area contributed by atoms with Crippen molar-refractivity contribution in [3.05, 3.63) is 48.5 Å². The molecule has 2 aromatic carbocycles. The van der Waals surface area contributed by atoms with Crippen LogP contribution in [0.25, 0.3) is 11.1 Å². The normalized spacial score (nSPS) is 22.8. The summed E-state index contributed by atoms with van der Waals surface area (Å²) in [6, 6.07) is 17.8. The minimum atomic E-state index is 0.243. The van der Waals surface area contributed by atoms with Crippen molar-refractivity contribution in [1.29, 1.82) is 0 Å². The van der Waals surface area contributed by atoms with Crippen molar-refractivity contribution in [2.24, 2.45) is 11.8 Å². The Morgan fingerprint density at radius 2 is 1.50 bits per heavy atom. The SMILES string of the molecule is CC(C)C1CCCCC(Nc2ccc(-c3ccc(N4CCCC4=O)cc3)cc2)CC1. The van der Waals surface area contributed by atoms with Crippen molar-refractivity contribution < 1.29 is 4.79 Å². The number of amides is 1. The first kappa shape index (κ1) is 21.0. The second-order valence-corrected chi connectivity index (χ2v) is 9.48. The van der Waals surface area contributed by atoms with Gasteiger partial charge in [-0.15, -0.1) is 0 Å². The van der Waals surface area contributed by atoms with Crippen LogP contribution >= 0.6 is 0 Å². The van der Waals surface area contributed by atoms with Gasteiger partial charge in [0, 0.05) is 30.4 Å². The Kier molecular flexibility index (Phi) is 6.76. The van der Waals surface area contributed by atoms with E-state index in [1.807, 2.05) is 4.90 Å². The Bertz CT molecular complexity index is 825. The highest BCUT2D eigenvalue weighted by atomic mass is 16.2. The molecule has 3 heteroatoms. The monoisotopic (exact) mass is 404 g/mol. The van der Waals surface area contributed by atoms with E-state index < -0.39 is 0 Å². The van der Waals surface area contributed by atoms with E-state index in [0.29, 0.717) is 12.5 Å². The molecule has 1 saturated heterocycles. The van der Waals surface area contributed by atoms with Gasteiger partial charge in [0.1, 0.15) is 0 Å². The minimum absolute atomic E-state index is 0.243. The van der Waals surface area contributed by atoms with E-state index in [2.05, 4.69) is 67.7 Å². The number of nitrogens with zero attached hydrogens (tertiary/aromatic N) is 1. The van der Waals surface area contributed by atoms with Crippen molar-refractivity contribution in [3.63, 3.8) is 0 Å². The van der Waals surface area contributed by atoms with Gasteiger partial charge in [-0.25, -0.2) is 0 Å². The highest BCUT2D eigenvalue weighted by molar-refractivity contribution is 5.95. The number of rotatable bonds is 5. The van der Waals surface area contributed by atoms with Crippen molar-refractivity contribution >= 4 is 17.3 Å². The summed E-state index contributed by atoms with van der Waals surface area (Å²) in [5.41, 5.74) is 4.66. The van der Waals surface area contributed by atoms with Gasteiger partial charge in [-0.1, -0.05) is 57.4 Å². The molecule has 4 rings (SSSR count). The van der Waals surface area contributed by atoms with Crippen LogP contribution < -0.4 is 10.2 Å². The summed E-state index contributed by atoms with van der Waals surface area (Å²) in [5.74, 6) is 1.93. The molecule has 1 saturated carbocycles. The van der Waals surface area contributed by atoms with Gasteiger partial charge in [-0.05, 0) is 72.9 Å². The third-order valence-electron chi connectivity index (χ3n) is 7.05. The van der Waals surface area contributed by atoms with Crippen LogP contribution in [0.5, 0.6) is 0 Å². The molecule has 3 nitrogen and oxygen atoms in total. The second-order valence-electron chi connectivity index (χ2n) is 9.48. The average Bonchev–Trinajstić information content (AvgIpc) is 3.16. The first-order valence-electron chi connectivity index (χ1n) is 11.9. The molecule has 0 aromatic heterocycles. The Morgan fingerprint density at radius 1 is 0.833 bits per heavy atom. The number of hydrogen-bond acceptors (Lipinski definition) is 2. The van der Waals surface area contributed by atoms with E-state index in [0.717, 1.165) is 30.5 Å². The molecule has 1 amide bonds. The number of anilines is 2. The Morgan fingerprint density at radius 3 is 2.13 bits per heavy atom. The first-order valence-corrected chi connectivity index (χ1v) is 11.9. The average molecular weight is 405 g/mol. The van der Waals surface area contributed by atoms with Crippen LogP contribution in [0.1, 0.15) is 65.2 Å². The van der Waals surface area contributed by atoms with Gasteiger partial charge in [0.2, 0.25) is 5.91 Å². The summed E-state index contributed by atoms with van der Waals surface area (Å²) < 4.78 is 0. The topological polar surface area (TPSA) is 32.3 Å². The lowest BCUT2D eigenvalue weighted by Gasteiger charge is -2.28. The molecule has 0 spiro atoms. The Labute approximate surface area is 181 Å². The minimum Gasteiger partial charge on any atom is -0.382 e. The maximum Gasteiger partial charge on any atom is 0.227 e. The van der Waals surface area contributed by atoms with Gasteiger partial charge in [-0.3, -0.25) is 4.79 Å². The molecule has 1 N–H and O–H groups in total. The van der Waals surface area contributed by atoms with Crippen LogP contribution in [-0.4, -0.2) is 18.5 Å². The zero-order valence-corrected chi connectivity index (χ0v) is 18.6. The molecular weight excluding hydrogens is 368 g/mol. The third kappa shape index (κ3) is 5.06. The fourth-order valence-electron chi connectivity index (χ4n) is 5.06. The largest absolute Gasteiger partial charge is 0.382 e. The summed E-state index contributed by atoms with van der Waals surface area (Å²) in [4.78, 5) is 13.8. The lowest BCUT2D eigenvalue weighted by Crippen LogP contribution is -2.24. The van der Waals surface area contributed by atoms with Gasteiger partial charge in [0.25, 0.3) is 0 Å². The van der Waals surface area contributed by atoms with Crippen LogP contribution in [-0.2, 0) is 4.79 Å². The maximum atomic E-state index is 11.9. The van der Waals surface area contributed by atoms with E-state index in [9.17, 15) is 4.79 Å². The molecule has 2 aromatic rings. The van der Waals surface area contributed by atoms with Crippen molar-refractivity contribution in [3.8, 4) is 11.1 Å². The molecule has 0 radical (unpaired) electrons. The summed E-state index contributed by atoms with van der Waals surface area (Å²) in [6.45, 7) is 5.60. The molecular formula is C27H36N2O. The predicted octanol–water partition coefficient (Wildman–Crippen LogP) is 6.89. The van der Waals surface area contributed by atoms with E-state index >= 15 is 0 Å². The van der Waals surface area contributed by atoms with E-state index in [4.69, 9.17) is 0 Å². The molecule has 2 fully saturated rings. The highest BCUT2D eigenvalue weighted by Crippen LogP contribution is 2.30. The zero-order valence-electron chi connectivity index (χ0n) is 18.6. The molecule has 1 aliphatic carbocycles. The Hall–Kier alpha value is -2.29. The van der Waals surface area contributed by atoms with E-state index in [1.54, 1.807) is 0 Å². The predicted molar refractivity (Wildman–Crippen MR) is 127 cm³/mol. The van der Waals surface area contributed by atoms with Crippen molar-refractivity contribution in [2.75, 3.05) is 16.8 Å². The maximum absolute atomic E-state index is 11.9. The van der Waals surface area contributed by atoms with Crippen LogP contribution in [0.4, 0.5) is 11.4 Å². The van der Waals surface area contributed by atoms with Gasteiger partial charge >= 0.3 is 0 Å². The summed E-state index contributed by atoms with van der Waals surface area (Å²) >= 11 is 0. The highest BCUT2D eigenvalue weighted by Gasteiger charge is 2.21. The van der Waals surface area contributed by atoms with Gasteiger partial charge in [0.05, 0.1) is 0 Å². The lowest BCUT2D eigenvalue weighted by molar-refractivity contribution is -0.117. The first-order chi connectivity index (χ1) is 14.6. The molecule has 2 aliphatic rings. The molecule has 2 atom stereocenters. The summed E-state index contributed by atoms with van der Waals surface area (Å²) in [7, 11) is 0. The molecule has 0 bridgehead atoms. The smallest absolute Gasteiger partial charge is 0.227 e. The molecule has 30 heavy (non-hydrogen) atoms. The van der Waals surface area contributed by atoms with E-state index in [1.165, 1.54) is 55.3 Å². The summed E-state index contributed by atoms with van der Waals surface area (Å²) in [6.07, 6.45) is 9.67. The Balaban J connectivity index is 1.37. The third-order valence-corrected chi connectivity index (χ3v) is 7.05. The fraction of sp³-hybridized carbons (Fsp3) is 0.519. The van der Waals surface area contributed by atoms with Crippen LogP contribution in [0.3, 0.4) is 0 Å². The van der Waals surface area contributed by atoms with Crippen LogP contribution in [0.2, 0.25) is 0 Å². The van der Waals surface area contributed by atoms with Gasteiger partial charge in [0.15, 0.2) is 0 Å². The van der Waals surface area contributed by atoms with Crippen molar-refractivity contribution in [2.45, 2.75) is 71.3 Å². The van der Waals surface area contributed by atoms with Gasteiger partial charge in [-0.2, -0.15) is 0 Å². The molecule has 160 valence electrons. The molecule has 1 aliphatic heterocycles. The molecule has 1 heterocycles. The fourth-order valence-corrected chi connectivity index (χ4v) is 5.06. The lowest BCUT2D eigenvalue weighted by atomic mass is 9.82. The quantitative estimate of drug-likeness (QED) is 0.588. The van der Waals surface area contributed by atoms with Crippen LogP contribution in [0.15, 0.2) is 48.5 Å². The van der Waals surface area contributed by atoms with Crippen LogP contribution in [0, 0.1) is 11.8 Å². The summed E-state index contributed by atoms with van der Waals surface area (Å²) in [5, 5.41) is 3.79. The zero-order chi connectivity index (χ0) is 20.9. The second kappa shape index (κ2) is 9.68. The number of carbonyl (C=O) groups is 1. The number of benzene rings is 2. The van der Waals surface area contributed by atoms with Gasteiger partial charge < -0.3 is 10.2 Å². The number of hydrogen-bond donors (Lipinski definition) is 1. The standard InChI is InChI=1S/C27H36N2O/c1-20(2)21-6-3-4-7-24(14-9-21)28-25-15-10-22(11-16-25)23-12-17-26(18-13-23)29-19-5-8-27(29)30/h10-13,15-18,20-21,24,28H,3-9,14,19H2,1-2H3. The van der Waals surface area contributed by atoms with Crippen molar-refractivity contribution in [1.82, 2.24) is 0 Å². The van der Waals surface area contributed by atoms with E-state index in [-0.39, 0.29) is 5.91 Å². The number of nitrogens with one attached hydrogen (secondary N) is 1.